The maximum Gasteiger partial charge on any atom is 0.353 e. The fourth-order valence-corrected chi connectivity index (χ4v) is 1.37. The second-order valence-electron chi connectivity index (χ2n) is 3.65. The summed E-state index contributed by atoms with van der Waals surface area (Å²) in [6, 6.07) is 6.09. The van der Waals surface area contributed by atoms with Crippen LogP contribution >= 0.6 is 0 Å². The summed E-state index contributed by atoms with van der Waals surface area (Å²) in [5, 5.41) is 23.3. The number of H-pyrrole nitrogens is 1. The van der Waals surface area contributed by atoms with E-state index < -0.39 is 16.6 Å². The van der Waals surface area contributed by atoms with Gasteiger partial charge < -0.3 is 15.2 Å². The van der Waals surface area contributed by atoms with Gasteiger partial charge in [0.2, 0.25) is 5.69 Å². The van der Waals surface area contributed by atoms with Crippen molar-refractivity contribution in [3.8, 4) is 5.75 Å². The molecule has 0 aliphatic heterocycles. The number of nitro groups is 1. The highest BCUT2D eigenvalue weighted by molar-refractivity contribution is 5.96. The van der Waals surface area contributed by atoms with Gasteiger partial charge in [-0.25, -0.2) is 15.4 Å². The molecule has 1 aromatic heterocycles. The first-order chi connectivity index (χ1) is 9.58. The number of hydrogen-bond donors (Lipinski definition) is 3. The summed E-state index contributed by atoms with van der Waals surface area (Å²) in [6.07, 6.45) is 2.38. The lowest BCUT2D eigenvalue weighted by atomic mass is 10.2. The summed E-state index contributed by atoms with van der Waals surface area (Å²) in [5.74, 6) is -1.19. The molecule has 0 atom stereocenters. The zero-order chi connectivity index (χ0) is 14.5. The van der Waals surface area contributed by atoms with E-state index >= 15 is 0 Å². The van der Waals surface area contributed by atoms with Crippen molar-refractivity contribution in [2.24, 2.45) is 5.10 Å². The predicted octanol–water partition coefficient (Wildman–Crippen LogP) is 0.787. The quantitative estimate of drug-likeness (QED) is 0.431. The average Bonchev–Trinajstić information content (AvgIpc) is 2.90. The SMILES string of the molecule is O=C(N/N=C\c1ccc(O)cc1)c1nc[nH]c1[N+](=O)[O-]. The lowest BCUT2D eigenvalue weighted by molar-refractivity contribution is -0.389. The number of phenols is 1. The number of nitrogens with zero attached hydrogens (tertiary/aromatic N) is 3. The highest BCUT2D eigenvalue weighted by Gasteiger charge is 2.21. The van der Waals surface area contributed by atoms with E-state index in [-0.39, 0.29) is 11.4 Å². The third-order valence-electron chi connectivity index (χ3n) is 2.29. The number of aromatic nitrogens is 2. The maximum atomic E-state index is 11.6. The van der Waals surface area contributed by atoms with E-state index in [0.717, 1.165) is 6.33 Å². The lowest BCUT2D eigenvalue weighted by Gasteiger charge is -1.97. The van der Waals surface area contributed by atoms with E-state index in [1.54, 1.807) is 12.1 Å². The van der Waals surface area contributed by atoms with E-state index in [4.69, 9.17) is 5.11 Å². The third-order valence-corrected chi connectivity index (χ3v) is 2.29. The Balaban J connectivity index is 2.03. The van der Waals surface area contributed by atoms with Gasteiger partial charge in [0.05, 0.1) is 6.21 Å². The Morgan fingerprint density at radius 1 is 1.45 bits per heavy atom. The molecular weight excluding hydrogens is 266 g/mol. The number of imidazole rings is 1. The number of hydrazone groups is 1. The molecule has 0 fully saturated rings. The van der Waals surface area contributed by atoms with E-state index in [1.165, 1.54) is 18.3 Å². The molecule has 9 nitrogen and oxygen atoms in total. The summed E-state index contributed by atoms with van der Waals surface area (Å²) in [6.45, 7) is 0. The molecule has 2 rings (SSSR count). The van der Waals surface area contributed by atoms with E-state index in [0.29, 0.717) is 5.56 Å². The first kappa shape index (κ1) is 13.2. The van der Waals surface area contributed by atoms with Crippen molar-refractivity contribution in [2.45, 2.75) is 0 Å². The van der Waals surface area contributed by atoms with Crippen molar-refractivity contribution >= 4 is 17.9 Å². The molecule has 0 saturated carbocycles. The first-order valence-corrected chi connectivity index (χ1v) is 5.38. The fourth-order valence-electron chi connectivity index (χ4n) is 1.37. The summed E-state index contributed by atoms with van der Waals surface area (Å²) >= 11 is 0. The van der Waals surface area contributed by atoms with Crippen molar-refractivity contribution in [1.82, 2.24) is 15.4 Å². The van der Waals surface area contributed by atoms with Crippen molar-refractivity contribution in [3.05, 3.63) is 52.0 Å². The molecule has 1 amide bonds. The molecule has 0 aliphatic rings. The molecule has 1 heterocycles. The van der Waals surface area contributed by atoms with Gasteiger partial charge in [-0.2, -0.15) is 5.10 Å². The number of amides is 1. The van der Waals surface area contributed by atoms with Crippen LogP contribution in [0.25, 0.3) is 0 Å². The van der Waals surface area contributed by atoms with Crippen LogP contribution in [0, 0.1) is 10.1 Å². The number of aromatic hydroxyl groups is 1. The molecule has 20 heavy (non-hydrogen) atoms. The second-order valence-corrected chi connectivity index (χ2v) is 3.65. The predicted molar refractivity (Wildman–Crippen MR) is 68.4 cm³/mol. The summed E-state index contributed by atoms with van der Waals surface area (Å²) in [4.78, 5) is 27.3. The van der Waals surface area contributed by atoms with Crippen molar-refractivity contribution in [2.75, 3.05) is 0 Å². The van der Waals surface area contributed by atoms with Crippen LogP contribution in [0.4, 0.5) is 5.82 Å². The Kier molecular flexibility index (Phi) is 3.70. The monoisotopic (exact) mass is 275 g/mol. The fraction of sp³-hybridized carbons (Fsp3) is 0. The van der Waals surface area contributed by atoms with Crippen molar-refractivity contribution in [1.29, 1.82) is 0 Å². The van der Waals surface area contributed by atoms with Crippen molar-refractivity contribution in [3.63, 3.8) is 0 Å². The van der Waals surface area contributed by atoms with Crippen molar-refractivity contribution < 1.29 is 14.8 Å². The molecule has 9 heteroatoms. The van der Waals surface area contributed by atoms with Gasteiger partial charge in [-0.1, -0.05) is 0 Å². The Labute approximate surface area is 112 Å². The topological polar surface area (TPSA) is 134 Å². The summed E-state index contributed by atoms with van der Waals surface area (Å²) in [5.41, 5.74) is 2.41. The van der Waals surface area contributed by atoms with Gasteiger partial charge in [-0.05, 0) is 34.8 Å². The minimum atomic E-state index is -0.798. The van der Waals surface area contributed by atoms with Crippen LogP contribution in [0.15, 0.2) is 35.7 Å². The molecule has 0 spiro atoms. The molecule has 0 unspecified atom stereocenters. The molecule has 0 aliphatic carbocycles. The zero-order valence-corrected chi connectivity index (χ0v) is 9.98. The highest BCUT2D eigenvalue weighted by atomic mass is 16.6. The minimum absolute atomic E-state index is 0.110. The van der Waals surface area contributed by atoms with Crippen LogP contribution in [0.5, 0.6) is 5.75 Å². The first-order valence-electron chi connectivity index (χ1n) is 5.38. The number of nitrogens with one attached hydrogen (secondary N) is 2. The minimum Gasteiger partial charge on any atom is -0.508 e. The number of benzene rings is 1. The molecule has 2 aromatic rings. The molecule has 102 valence electrons. The van der Waals surface area contributed by atoms with Gasteiger partial charge in [0, 0.05) is 0 Å². The van der Waals surface area contributed by atoms with E-state index in [2.05, 4.69) is 20.5 Å². The van der Waals surface area contributed by atoms with Crippen LogP contribution in [-0.4, -0.2) is 32.1 Å². The number of carbonyl (C=O) groups is 1. The second kappa shape index (κ2) is 5.61. The van der Waals surface area contributed by atoms with Crippen LogP contribution in [-0.2, 0) is 0 Å². The van der Waals surface area contributed by atoms with Gasteiger partial charge in [-0.15, -0.1) is 0 Å². The highest BCUT2D eigenvalue weighted by Crippen LogP contribution is 2.11. The van der Waals surface area contributed by atoms with Crippen LogP contribution in [0.1, 0.15) is 16.1 Å². The Bertz CT molecular complexity index is 662. The average molecular weight is 275 g/mol. The van der Waals surface area contributed by atoms with Crippen LogP contribution in [0.3, 0.4) is 0 Å². The lowest BCUT2D eigenvalue weighted by Crippen LogP contribution is -2.19. The third kappa shape index (κ3) is 2.96. The van der Waals surface area contributed by atoms with Gasteiger partial charge in [0.15, 0.2) is 6.33 Å². The number of rotatable bonds is 4. The van der Waals surface area contributed by atoms with Gasteiger partial charge in [0.25, 0.3) is 5.91 Å². The normalized spacial score (nSPS) is 10.6. The maximum absolute atomic E-state index is 11.6. The number of aromatic amines is 1. The molecule has 1 aromatic carbocycles. The smallest absolute Gasteiger partial charge is 0.353 e. The van der Waals surface area contributed by atoms with Gasteiger partial charge >= 0.3 is 5.82 Å². The Morgan fingerprint density at radius 2 is 2.15 bits per heavy atom. The Morgan fingerprint density at radius 3 is 2.80 bits per heavy atom. The number of phenolic OH excluding ortho intramolecular Hbond substituents is 1. The molecule has 0 radical (unpaired) electrons. The van der Waals surface area contributed by atoms with Crippen LogP contribution in [0.2, 0.25) is 0 Å². The largest absolute Gasteiger partial charge is 0.508 e. The standard InChI is InChI=1S/C11H9N5O4/c17-8-3-1-7(2-4-8)5-14-15-11(18)9-10(16(19)20)13-6-12-9/h1-6,17H,(H,12,13)(H,15,18)/b14-5-. The van der Waals surface area contributed by atoms with E-state index in [9.17, 15) is 14.9 Å². The molecular formula is C11H9N5O4. The number of carbonyl (C=O) groups excluding carboxylic acids is 1. The van der Waals surface area contributed by atoms with Crippen LogP contribution < -0.4 is 5.43 Å². The van der Waals surface area contributed by atoms with Gasteiger partial charge in [-0.3, -0.25) is 4.79 Å². The Hall–Kier alpha value is -3.23. The number of hydrogen-bond acceptors (Lipinski definition) is 6. The summed E-state index contributed by atoms with van der Waals surface area (Å²) in [7, 11) is 0. The molecule has 0 bridgehead atoms. The molecule has 0 saturated heterocycles. The van der Waals surface area contributed by atoms with Gasteiger partial charge in [0.1, 0.15) is 5.75 Å². The zero-order valence-electron chi connectivity index (χ0n) is 9.98. The van der Waals surface area contributed by atoms with E-state index in [1.807, 2.05) is 0 Å². The summed E-state index contributed by atoms with van der Waals surface area (Å²) < 4.78 is 0. The molecule has 3 N–H and O–H groups in total.